The standard InChI is InChI=1S/C32H29F4N7O2S/c1-20(2)27-16-24(33)8-13-28(27)42-14-3-15-46-31(42)40-30(44)38-18-23(17-37)21-4-6-22(7-5-21)29-39-19-43(41-29)25-9-11-26(12-10-25)45-32(34,35)36/h4-13,16,19-20,23H,3,14-15,18H2,1-2H3,(H,38,44). The van der Waals surface area contributed by atoms with Crippen molar-refractivity contribution >= 4 is 28.6 Å². The van der Waals surface area contributed by atoms with Crippen molar-refractivity contribution in [3.8, 4) is 28.9 Å². The molecule has 238 valence electrons. The van der Waals surface area contributed by atoms with E-state index in [2.05, 4.69) is 31.2 Å². The number of aliphatic imine (C=N–C) groups is 1. The van der Waals surface area contributed by atoms with Crippen LogP contribution in [0.5, 0.6) is 5.75 Å². The van der Waals surface area contributed by atoms with Crippen molar-refractivity contribution in [2.45, 2.75) is 38.5 Å². The molecular weight excluding hydrogens is 622 g/mol. The summed E-state index contributed by atoms with van der Waals surface area (Å²) >= 11 is 1.45. The number of thioether (sulfide) groups is 1. The molecule has 3 aromatic carbocycles. The van der Waals surface area contributed by atoms with Gasteiger partial charge in [0.05, 0.1) is 17.7 Å². The molecule has 0 spiro atoms. The number of urea groups is 1. The van der Waals surface area contributed by atoms with Crippen LogP contribution in [0.1, 0.15) is 43.2 Å². The number of amidine groups is 1. The van der Waals surface area contributed by atoms with Crippen LogP contribution in [0.2, 0.25) is 0 Å². The molecule has 1 N–H and O–H groups in total. The van der Waals surface area contributed by atoms with E-state index in [0.29, 0.717) is 34.4 Å². The molecule has 1 unspecified atom stereocenters. The number of amides is 2. The van der Waals surface area contributed by atoms with E-state index in [1.807, 2.05) is 18.7 Å². The summed E-state index contributed by atoms with van der Waals surface area (Å²) in [7, 11) is 0. The van der Waals surface area contributed by atoms with E-state index in [9.17, 15) is 27.6 Å². The largest absolute Gasteiger partial charge is 0.573 e. The number of halogens is 4. The Bertz CT molecular complexity index is 1750. The molecule has 2 heterocycles. The Morgan fingerprint density at radius 3 is 2.54 bits per heavy atom. The molecule has 1 aliphatic rings. The highest BCUT2D eigenvalue weighted by atomic mass is 32.2. The van der Waals surface area contributed by atoms with Crippen molar-refractivity contribution in [2.24, 2.45) is 4.99 Å². The number of anilines is 1. The van der Waals surface area contributed by atoms with Crippen LogP contribution in [0.25, 0.3) is 17.1 Å². The van der Waals surface area contributed by atoms with Gasteiger partial charge in [0.2, 0.25) is 0 Å². The summed E-state index contributed by atoms with van der Waals surface area (Å²) in [6.45, 7) is 4.65. The molecule has 4 aromatic rings. The molecule has 5 rings (SSSR count). The molecule has 0 bridgehead atoms. The average molecular weight is 652 g/mol. The zero-order chi connectivity index (χ0) is 32.8. The number of alkyl halides is 3. The number of hydrogen-bond acceptors (Lipinski definition) is 6. The molecule has 0 radical (unpaired) electrons. The number of nitrogens with one attached hydrogen (secondary N) is 1. The predicted octanol–water partition coefficient (Wildman–Crippen LogP) is 7.41. The lowest BCUT2D eigenvalue weighted by Gasteiger charge is -2.32. The molecule has 1 atom stereocenters. The zero-order valence-corrected chi connectivity index (χ0v) is 25.6. The van der Waals surface area contributed by atoms with Gasteiger partial charge >= 0.3 is 12.4 Å². The van der Waals surface area contributed by atoms with Gasteiger partial charge in [0.1, 0.15) is 17.9 Å². The van der Waals surface area contributed by atoms with Crippen LogP contribution in [-0.2, 0) is 0 Å². The summed E-state index contributed by atoms with van der Waals surface area (Å²) in [4.78, 5) is 23.4. The van der Waals surface area contributed by atoms with Gasteiger partial charge < -0.3 is 15.0 Å². The summed E-state index contributed by atoms with van der Waals surface area (Å²) < 4.78 is 56.6. The van der Waals surface area contributed by atoms with Crippen LogP contribution in [0, 0.1) is 17.1 Å². The number of nitrogens with zero attached hydrogens (tertiary/aromatic N) is 6. The van der Waals surface area contributed by atoms with Crippen LogP contribution < -0.4 is 15.0 Å². The molecule has 1 fully saturated rings. The third-order valence-electron chi connectivity index (χ3n) is 7.10. The minimum Gasteiger partial charge on any atom is -0.406 e. The van der Waals surface area contributed by atoms with Gasteiger partial charge in [-0.3, -0.25) is 0 Å². The Balaban J connectivity index is 1.22. The summed E-state index contributed by atoms with van der Waals surface area (Å²) in [5, 5.41) is 17.5. The second-order valence-electron chi connectivity index (χ2n) is 10.7. The molecule has 9 nitrogen and oxygen atoms in total. The van der Waals surface area contributed by atoms with Crippen molar-refractivity contribution in [2.75, 3.05) is 23.7 Å². The number of nitriles is 1. The molecular formula is C32H29F4N7O2S. The maximum atomic E-state index is 14.0. The number of aromatic nitrogens is 3. The first-order valence-electron chi connectivity index (χ1n) is 14.3. The monoisotopic (exact) mass is 651 g/mol. The van der Waals surface area contributed by atoms with E-state index in [-0.39, 0.29) is 24.0 Å². The lowest BCUT2D eigenvalue weighted by molar-refractivity contribution is -0.274. The van der Waals surface area contributed by atoms with Crippen LogP contribution in [-0.4, -0.2) is 51.2 Å². The second-order valence-corrected chi connectivity index (χ2v) is 11.7. The Kier molecular flexibility index (Phi) is 9.91. The number of benzene rings is 3. The van der Waals surface area contributed by atoms with Crippen molar-refractivity contribution in [3.05, 3.63) is 90.0 Å². The molecule has 1 saturated heterocycles. The first-order valence-corrected chi connectivity index (χ1v) is 15.3. The van der Waals surface area contributed by atoms with Crippen LogP contribution in [0.3, 0.4) is 0 Å². The van der Waals surface area contributed by atoms with Gasteiger partial charge in [-0.05, 0) is 65.9 Å². The predicted molar refractivity (Wildman–Crippen MR) is 168 cm³/mol. The first-order chi connectivity index (χ1) is 22.0. The van der Waals surface area contributed by atoms with E-state index in [1.54, 1.807) is 30.3 Å². The second kappa shape index (κ2) is 14.0. The first kappa shape index (κ1) is 32.5. The van der Waals surface area contributed by atoms with Gasteiger partial charge in [-0.2, -0.15) is 10.3 Å². The lowest BCUT2D eigenvalue weighted by atomic mass is 9.99. The fourth-order valence-electron chi connectivity index (χ4n) is 4.85. The molecule has 1 aromatic heterocycles. The minimum absolute atomic E-state index is 0.0326. The van der Waals surface area contributed by atoms with Crippen molar-refractivity contribution < 1.29 is 27.1 Å². The molecule has 0 aliphatic carbocycles. The highest BCUT2D eigenvalue weighted by Crippen LogP contribution is 2.33. The van der Waals surface area contributed by atoms with E-state index >= 15 is 0 Å². The fraction of sp³-hybridized carbons (Fsp3) is 0.281. The third-order valence-corrected chi connectivity index (χ3v) is 8.16. The van der Waals surface area contributed by atoms with Gasteiger partial charge in [-0.1, -0.05) is 49.9 Å². The van der Waals surface area contributed by atoms with Crippen LogP contribution in [0.4, 0.5) is 28.0 Å². The SMILES string of the molecule is CC(C)c1cc(F)ccc1N1CCCSC1=NC(=O)NCC(C#N)c1ccc(-c2ncn(-c3ccc(OC(F)(F)F)cc3)n2)cc1. The van der Waals surface area contributed by atoms with Gasteiger partial charge in [-0.25, -0.2) is 18.9 Å². The lowest BCUT2D eigenvalue weighted by Crippen LogP contribution is -2.37. The van der Waals surface area contributed by atoms with E-state index in [1.165, 1.54) is 59.2 Å². The Labute approximate surface area is 266 Å². The summed E-state index contributed by atoms with van der Waals surface area (Å²) in [6, 6.07) is 18.5. The Morgan fingerprint density at radius 1 is 1.13 bits per heavy atom. The normalized spacial score (nSPS) is 15.1. The molecule has 2 amide bonds. The van der Waals surface area contributed by atoms with Gasteiger partial charge in [0, 0.05) is 30.1 Å². The van der Waals surface area contributed by atoms with Crippen molar-refractivity contribution in [3.63, 3.8) is 0 Å². The Morgan fingerprint density at radius 2 is 1.87 bits per heavy atom. The molecule has 46 heavy (non-hydrogen) atoms. The quantitative estimate of drug-likeness (QED) is 0.198. The maximum absolute atomic E-state index is 14.0. The number of carbonyl (C=O) groups is 1. The fourth-order valence-corrected chi connectivity index (χ4v) is 5.80. The number of ether oxygens (including phenoxy) is 1. The van der Waals surface area contributed by atoms with Gasteiger partial charge in [0.15, 0.2) is 11.0 Å². The summed E-state index contributed by atoms with van der Waals surface area (Å²) in [6.07, 6.45) is -2.46. The van der Waals surface area contributed by atoms with Crippen LogP contribution >= 0.6 is 11.8 Å². The smallest absolute Gasteiger partial charge is 0.406 e. The van der Waals surface area contributed by atoms with E-state index in [0.717, 1.165) is 23.4 Å². The minimum atomic E-state index is -4.78. The highest BCUT2D eigenvalue weighted by molar-refractivity contribution is 8.14. The van der Waals surface area contributed by atoms with Crippen molar-refractivity contribution in [1.29, 1.82) is 5.26 Å². The molecule has 0 saturated carbocycles. The van der Waals surface area contributed by atoms with Crippen molar-refractivity contribution in [1.82, 2.24) is 20.1 Å². The summed E-state index contributed by atoms with van der Waals surface area (Å²) in [5.41, 5.74) is 3.46. The van der Waals surface area contributed by atoms with Crippen LogP contribution in [0.15, 0.2) is 78.0 Å². The average Bonchev–Trinajstić information content (AvgIpc) is 3.52. The Hall–Kier alpha value is -4.90. The van der Waals surface area contributed by atoms with Gasteiger partial charge in [0.25, 0.3) is 0 Å². The van der Waals surface area contributed by atoms with Gasteiger partial charge in [-0.15, -0.1) is 18.3 Å². The number of rotatable bonds is 8. The number of carbonyl (C=O) groups excluding carboxylic acids is 1. The third kappa shape index (κ3) is 8.02. The molecule has 14 heteroatoms. The number of hydrogen-bond donors (Lipinski definition) is 1. The molecule has 1 aliphatic heterocycles. The van der Waals surface area contributed by atoms with E-state index in [4.69, 9.17) is 0 Å². The zero-order valence-electron chi connectivity index (χ0n) is 24.8. The summed E-state index contributed by atoms with van der Waals surface area (Å²) in [5.74, 6) is -0.0732. The van der Waals surface area contributed by atoms with E-state index < -0.39 is 18.3 Å². The maximum Gasteiger partial charge on any atom is 0.573 e. The topological polar surface area (TPSA) is 108 Å². The highest BCUT2D eigenvalue weighted by Gasteiger charge is 2.31.